The number of hydrogen-bond acceptors (Lipinski definition) is 3. The van der Waals surface area contributed by atoms with E-state index in [1.54, 1.807) is 0 Å². The van der Waals surface area contributed by atoms with Gasteiger partial charge >= 0.3 is 0 Å². The van der Waals surface area contributed by atoms with Crippen LogP contribution in [0.2, 0.25) is 0 Å². The molecule has 0 saturated carbocycles. The summed E-state index contributed by atoms with van der Waals surface area (Å²) in [5.41, 5.74) is 12.3. The fourth-order valence-electron chi connectivity index (χ4n) is 9.52. The molecule has 1 aliphatic carbocycles. The zero-order chi connectivity index (χ0) is 41.9. The maximum absolute atomic E-state index is 5.06. The molecule has 1 aliphatic rings. The predicted octanol–water partition coefficient (Wildman–Crippen LogP) is 15.0. The van der Waals surface area contributed by atoms with Gasteiger partial charge in [-0.05, 0) is 101 Å². The average molecular weight is 808 g/mol. The van der Waals surface area contributed by atoms with Crippen LogP contribution in [0.25, 0.3) is 111 Å². The van der Waals surface area contributed by atoms with E-state index in [4.69, 9.17) is 15.0 Å². The van der Waals surface area contributed by atoms with E-state index in [1.807, 2.05) is 18.2 Å². The number of benzene rings is 8. The van der Waals surface area contributed by atoms with Crippen LogP contribution in [0.15, 0.2) is 200 Å². The zero-order valence-corrected chi connectivity index (χ0v) is 34.8. The van der Waals surface area contributed by atoms with Gasteiger partial charge in [0.05, 0.1) is 22.2 Å². The maximum atomic E-state index is 5.06. The molecule has 3 heterocycles. The van der Waals surface area contributed by atoms with Crippen LogP contribution < -0.4 is 0 Å². The summed E-state index contributed by atoms with van der Waals surface area (Å²) in [6.07, 6.45) is 12.7. The van der Waals surface area contributed by atoms with Gasteiger partial charge in [0.2, 0.25) is 0 Å². The molecule has 5 heteroatoms. The zero-order valence-electron chi connectivity index (χ0n) is 34.8. The standard InChI is InChI=1S/C58H41N5/c1-2-16-49-51-36-50-48-25-14-15-26-52(48)62(53(50)37-54(51)63(55(49)39-18-6-3-7-19-39)47-31-29-38-17-12-13-24-42(38)34-47)46-32-30-43-33-45(28-27-44(43)35-46)58-60-56(40-20-8-4-9-21-40)59-57(61-58)41-22-10-5-11-23-41/h2-10,12-22,24-37H,11,23H2,1H3/b16-2-. The molecule has 0 saturated heterocycles. The summed E-state index contributed by atoms with van der Waals surface area (Å²) >= 11 is 0. The number of aromatic nitrogens is 5. The normalized spacial score (nSPS) is 13.0. The fraction of sp³-hybridized carbons (Fsp3) is 0.0517. The molecule has 0 bridgehead atoms. The second-order valence-electron chi connectivity index (χ2n) is 16.3. The van der Waals surface area contributed by atoms with Crippen molar-refractivity contribution in [2.45, 2.75) is 19.8 Å². The van der Waals surface area contributed by atoms with E-state index < -0.39 is 0 Å². The molecule has 8 aromatic carbocycles. The second kappa shape index (κ2) is 15.1. The van der Waals surface area contributed by atoms with Gasteiger partial charge in [-0.25, -0.2) is 15.0 Å². The Hall–Kier alpha value is -8.15. The topological polar surface area (TPSA) is 48.5 Å². The van der Waals surface area contributed by atoms with Crippen LogP contribution in [-0.2, 0) is 0 Å². The number of allylic oxidation sites excluding steroid dienone is 5. The minimum Gasteiger partial charge on any atom is -0.309 e. The minimum absolute atomic E-state index is 0.674. The fourth-order valence-corrected chi connectivity index (χ4v) is 9.52. The Balaban J connectivity index is 1.05. The monoisotopic (exact) mass is 807 g/mol. The third-order valence-corrected chi connectivity index (χ3v) is 12.5. The van der Waals surface area contributed by atoms with Crippen molar-refractivity contribution >= 4 is 65.9 Å². The highest BCUT2D eigenvalue weighted by molar-refractivity contribution is 6.16. The van der Waals surface area contributed by atoms with Crippen LogP contribution in [-0.4, -0.2) is 24.1 Å². The molecule has 0 amide bonds. The van der Waals surface area contributed by atoms with Crippen molar-refractivity contribution in [3.05, 3.63) is 212 Å². The molecule has 0 radical (unpaired) electrons. The summed E-state index contributed by atoms with van der Waals surface area (Å²) in [6, 6.07) is 63.4. The summed E-state index contributed by atoms with van der Waals surface area (Å²) in [4.78, 5) is 15.0. The van der Waals surface area contributed by atoms with Gasteiger partial charge in [0.15, 0.2) is 17.5 Å². The molecule has 3 aromatic heterocycles. The SMILES string of the molecule is C/C=C\c1c(-c2ccccc2)n(-c2ccc3ccccc3c2)c2cc3c(cc12)c1ccccc1n3-c1ccc2cc(-c3nc(C4=CC=CCC4)nc(-c4ccccc4)n3)ccc2c1. The second-order valence-corrected chi connectivity index (χ2v) is 16.3. The molecule has 5 nitrogen and oxygen atoms in total. The molecule has 0 unspecified atom stereocenters. The highest BCUT2D eigenvalue weighted by Gasteiger charge is 2.23. The third kappa shape index (κ3) is 6.28. The van der Waals surface area contributed by atoms with E-state index in [0.717, 1.165) is 68.5 Å². The van der Waals surface area contributed by atoms with Gasteiger partial charge in [0.1, 0.15) is 0 Å². The Morgan fingerprint density at radius 1 is 0.460 bits per heavy atom. The van der Waals surface area contributed by atoms with Crippen LogP contribution >= 0.6 is 0 Å². The van der Waals surface area contributed by atoms with Crippen molar-refractivity contribution in [3.63, 3.8) is 0 Å². The van der Waals surface area contributed by atoms with Gasteiger partial charge < -0.3 is 9.13 Å². The molecular formula is C58H41N5. The van der Waals surface area contributed by atoms with Crippen LogP contribution in [0.5, 0.6) is 0 Å². The first-order valence-corrected chi connectivity index (χ1v) is 21.7. The first-order valence-electron chi connectivity index (χ1n) is 21.7. The molecular weight excluding hydrogens is 767 g/mol. The summed E-state index contributed by atoms with van der Waals surface area (Å²) in [5, 5.41) is 8.36. The van der Waals surface area contributed by atoms with Crippen LogP contribution in [0.1, 0.15) is 31.2 Å². The molecule has 0 spiro atoms. The molecule has 12 rings (SSSR count). The molecule has 63 heavy (non-hydrogen) atoms. The smallest absolute Gasteiger partial charge is 0.164 e. The largest absolute Gasteiger partial charge is 0.309 e. The lowest BCUT2D eigenvalue weighted by Crippen LogP contribution is -2.03. The van der Waals surface area contributed by atoms with Gasteiger partial charge in [-0.15, -0.1) is 0 Å². The number of hydrogen-bond donors (Lipinski definition) is 0. The number of rotatable bonds is 7. The van der Waals surface area contributed by atoms with Gasteiger partial charge in [-0.3, -0.25) is 0 Å². The molecule has 298 valence electrons. The van der Waals surface area contributed by atoms with E-state index >= 15 is 0 Å². The van der Waals surface area contributed by atoms with Gasteiger partial charge in [0, 0.05) is 44.2 Å². The van der Waals surface area contributed by atoms with Crippen LogP contribution in [0.4, 0.5) is 0 Å². The molecule has 11 aromatic rings. The molecule has 0 aliphatic heterocycles. The van der Waals surface area contributed by atoms with Gasteiger partial charge in [-0.2, -0.15) is 0 Å². The van der Waals surface area contributed by atoms with E-state index in [9.17, 15) is 0 Å². The van der Waals surface area contributed by atoms with Crippen molar-refractivity contribution in [1.82, 2.24) is 24.1 Å². The Bertz CT molecular complexity index is 3680. The number of para-hydroxylation sites is 1. The highest BCUT2D eigenvalue weighted by Crippen LogP contribution is 2.43. The van der Waals surface area contributed by atoms with Crippen molar-refractivity contribution < 1.29 is 0 Å². The molecule has 0 N–H and O–H groups in total. The van der Waals surface area contributed by atoms with Crippen LogP contribution in [0, 0.1) is 0 Å². The summed E-state index contributed by atoms with van der Waals surface area (Å²) < 4.78 is 4.90. The Kier molecular flexibility index (Phi) is 8.78. The first-order chi connectivity index (χ1) is 31.2. The lowest BCUT2D eigenvalue weighted by Gasteiger charge is -2.14. The summed E-state index contributed by atoms with van der Waals surface area (Å²) in [5.74, 6) is 2.09. The highest BCUT2D eigenvalue weighted by atomic mass is 15.0. The van der Waals surface area contributed by atoms with Crippen molar-refractivity contribution in [3.8, 4) is 45.4 Å². The molecule has 0 fully saturated rings. The maximum Gasteiger partial charge on any atom is 0.164 e. The first kappa shape index (κ1) is 36.7. The Labute approximate surface area is 365 Å². The van der Waals surface area contributed by atoms with Crippen molar-refractivity contribution in [2.75, 3.05) is 0 Å². The quantitative estimate of drug-likeness (QED) is 0.161. The average Bonchev–Trinajstić information content (AvgIpc) is 3.85. The lowest BCUT2D eigenvalue weighted by atomic mass is 10.0. The van der Waals surface area contributed by atoms with Crippen LogP contribution in [0.3, 0.4) is 0 Å². The van der Waals surface area contributed by atoms with E-state index in [2.05, 4.69) is 204 Å². The van der Waals surface area contributed by atoms with Gasteiger partial charge in [0.25, 0.3) is 0 Å². The lowest BCUT2D eigenvalue weighted by molar-refractivity contribution is 0.978. The summed E-state index contributed by atoms with van der Waals surface area (Å²) in [7, 11) is 0. The van der Waals surface area contributed by atoms with E-state index in [1.165, 1.54) is 49.3 Å². The van der Waals surface area contributed by atoms with Crippen molar-refractivity contribution in [2.24, 2.45) is 0 Å². The molecule has 0 atom stereocenters. The van der Waals surface area contributed by atoms with E-state index in [-0.39, 0.29) is 0 Å². The van der Waals surface area contributed by atoms with Gasteiger partial charge in [-0.1, -0.05) is 158 Å². The Morgan fingerprint density at radius 3 is 1.86 bits per heavy atom. The minimum atomic E-state index is 0.674. The van der Waals surface area contributed by atoms with Crippen molar-refractivity contribution in [1.29, 1.82) is 0 Å². The third-order valence-electron chi connectivity index (χ3n) is 12.5. The Morgan fingerprint density at radius 2 is 1.08 bits per heavy atom. The summed E-state index contributed by atoms with van der Waals surface area (Å²) in [6.45, 7) is 2.11. The predicted molar refractivity (Wildman–Crippen MR) is 263 cm³/mol. The van der Waals surface area contributed by atoms with E-state index in [0.29, 0.717) is 11.6 Å². The number of fused-ring (bicyclic) bond motifs is 6. The number of nitrogens with zero attached hydrogens (tertiary/aromatic N) is 5.